The lowest BCUT2D eigenvalue weighted by atomic mass is 10.4. The van der Waals surface area contributed by atoms with E-state index in [4.69, 9.17) is 14.6 Å². The second-order valence-corrected chi connectivity index (χ2v) is 2.58. The molecular formula is C8H19NO3. The van der Waals surface area contributed by atoms with Gasteiger partial charge in [0, 0.05) is 6.54 Å². The molecule has 0 aliphatic heterocycles. The van der Waals surface area contributed by atoms with Crippen molar-refractivity contribution in [1.29, 1.82) is 0 Å². The molecule has 0 saturated heterocycles. The molecule has 0 heterocycles. The first-order chi connectivity index (χ1) is 5.81. The maximum atomic E-state index is 8.38. The van der Waals surface area contributed by atoms with Gasteiger partial charge in [-0.25, -0.2) is 0 Å². The van der Waals surface area contributed by atoms with Crippen LogP contribution in [0, 0.1) is 0 Å². The Bertz CT molecular complexity index is 90.4. The number of aliphatic hydroxyl groups excluding tert-OH is 1. The van der Waals surface area contributed by atoms with Gasteiger partial charge in [-0.05, 0) is 14.0 Å². The molecule has 0 saturated carbocycles. The van der Waals surface area contributed by atoms with Crippen LogP contribution in [-0.4, -0.2) is 51.2 Å². The Kier molecular flexibility index (Phi) is 8.81. The summed E-state index contributed by atoms with van der Waals surface area (Å²) in [6.45, 7) is 4.45. The van der Waals surface area contributed by atoms with Gasteiger partial charge in [-0.1, -0.05) is 0 Å². The van der Waals surface area contributed by atoms with E-state index in [2.05, 4.69) is 5.32 Å². The van der Waals surface area contributed by atoms with Gasteiger partial charge in [-0.3, -0.25) is 0 Å². The zero-order valence-electron chi connectivity index (χ0n) is 7.88. The highest BCUT2D eigenvalue weighted by atomic mass is 16.5. The van der Waals surface area contributed by atoms with Crippen LogP contribution in [0.1, 0.15) is 6.92 Å². The summed E-state index contributed by atoms with van der Waals surface area (Å²) in [6.07, 6.45) is 0.215. The zero-order valence-corrected chi connectivity index (χ0v) is 7.88. The lowest BCUT2D eigenvalue weighted by Crippen LogP contribution is -2.25. The lowest BCUT2D eigenvalue weighted by Gasteiger charge is -2.11. The van der Waals surface area contributed by atoms with E-state index in [-0.39, 0.29) is 12.7 Å². The van der Waals surface area contributed by atoms with E-state index in [1.54, 1.807) is 0 Å². The summed E-state index contributed by atoms with van der Waals surface area (Å²) >= 11 is 0. The summed E-state index contributed by atoms with van der Waals surface area (Å²) in [5.41, 5.74) is 0. The third kappa shape index (κ3) is 7.94. The number of hydrogen-bond acceptors (Lipinski definition) is 4. The van der Waals surface area contributed by atoms with Crippen molar-refractivity contribution in [3.05, 3.63) is 0 Å². The van der Waals surface area contributed by atoms with E-state index in [1.807, 2.05) is 14.0 Å². The Hall–Kier alpha value is -0.160. The van der Waals surface area contributed by atoms with E-state index < -0.39 is 0 Å². The molecule has 0 rings (SSSR count). The molecule has 0 spiro atoms. The Labute approximate surface area is 73.9 Å². The molecule has 0 aliphatic rings. The van der Waals surface area contributed by atoms with Crippen molar-refractivity contribution in [2.75, 3.05) is 40.0 Å². The maximum absolute atomic E-state index is 8.38. The third-order valence-corrected chi connectivity index (χ3v) is 1.36. The molecule has 0 aromatic rings. The molecule has 4 heteroatoms. The van der Waals surface area contributed by atoms with Gasteiger partial charge in [0.2, 0.25) is 0 Å². The number of aliphatic hydroxyl groups is 1. The molecule has 12 heavy (non-hydrogen) atoms. The second-order valence-electron chi connectivity index (χ2n) is 2.58. The van der Waals surface area contributed by atoms with E-state index in [0.29, 0.717) is 19.8 Å². The van der Waals surface area contributed by atoms with Crippen LogP contribution in [0.5, 0.6) is 0 Å². The molecule has 0 bridgehead atoms. The van der Waals surface area contributed by atoms with Gasteiger partial charge in [0.1, 0.15) is 0 Å². The zero-order chi connectivity index (χ0) is 9.23. The topological polar surface area (TPSA) is 50.7 Å². The van der Waals surface area contributed by atoms with Crippen LogP contribution in [-0.2, 0) is 9.47 Å². The highest BCUT2D eigenvalue weighted by Crippen LogP contribution is 1.87. The maximum Gasteiger partial charge on any atom is 0.0704 e. The van der Waals surface area contributed by atoms with Crippen LogP contribution < -0.4 is 5.32 Å². The smallest absolute Gasteiger partial charge is 0.0704 e. The predicted molar refractivity (Wildman–Crippen MR) is 47.2 cm³/mol. The average molecular weight is 177 g/mol. The highest BCUT2D eigenvalue weighted by molar-refractivity contribution is 4.50. The van der Waals surface area contributed by atoms with Gasteiger partial charge in [0.05, 0.1) is 32.5 Å². The quantitative estimate of drug-likeness (QED) is 0.496. The SMILES string of the molecule is CNCC(C)OCCOCCO. The standard InChI is InChI=1S/C8H19NO3/c1-8(7-9-2)12-6-5-11-4-3-10/h8-10H,3-7H2,1-2H3. The van der Waals surface area contributed by atoms with Gasteiger partial charge in [-0.2, -0.15) is 0 Å². The number of hydrogen-bond donors (Lipinski definition) is 2. The van der Waals surface area contributed by atoms with Gasteiger partial charge in [0.25, 0.3) is 0 Å². The fraction of sp³-hybridized carbons (Fsp3) is 1.00. The summed E-state index contributed by atoms with van der Waals surface area (Å²) in [5, 5.41) is 11.4. The summed E-state index contributed by atoms with van der Waals surface area (Å²) < 4.78 is 10.4. The summed E-state index contributed by atoms with van der Waals surface area (Å²) in [5.74, 6) is 0. The van der Waals surface area contributed by atoms with E-state index in [9.17, 15) is 0 Å². The van der Waals surface area contributed by atoms with Crippen molar-refractivity contribution in [3.8, 4) is 0 Å². The number of rotatable bonds is 8. The van der Waals surface area contributed by atoms with Gasteiger partial charge in [-0.15, -0.1) is 0 Å². The molecule has 0 aromatic heterocycles. The van der Waals surface area contributed by atoms with Gasteiger partial charge in [0.15, 0.2) is 0 Å². The molecule has 0 radical (unpaired) electrons. The fourth-order valence-corrected chi connectivity index (χ4v) is 0.821. The predicted octanol–water partition coefficient (Wildman–Crippen LogP) is -0.380. The average Bonchev–Trinajstić information content (AvgIpc) is 2.05. The van der Waals surface area contributed by atoms with Crippen molar-refractivity contribution in [1.82, 2.24) is 5.32 Å². The Balaban J connectivity index is 2.97. The monoisotopic (exact) mass is 177 g/mol. The van der Waals surface area contributed by atoms with Crippen LogP contribution in [0.2, 0.25) is 0 Å². The first-order valence-corrected chi connectivity index (χ1v) is 4.26. The molecule has 0 aliphatic carbocycles. The first-order valence-electron chi connectivity index (χ1n) is 4.26. The molecule has 0 fully saturated rings. The van der Waals surface area contributed by atoms with Crippen molar-refractivity contribution < 1.29 is 14.6 Å². The second kappa shape index (κ2) is 8.93. The molecule has 1 atom stereocenters. The highest BCUT2D eigenvalue weighted by Gasteiger charge is 1.98. The third-order valence-electron chi connectivity index (χ3n) is 1.36. The number of ether oxygens (including phenoxy) is 2. The summed E-state index contributed by atoms with van der Waals surface area (Å²) in [4.78, 5) is 0. The lowest BCUT2D eigenvalue weighted by molar-refractivity contribution is 0.00521. The minimum Gasteiger partial charge on any atom is -0.394 e. The molecule has 0 amide bonds. The summed E-state index contributed by atoms with van der Waals surface area (Å²) in [6, 6.07) is 0. The molecule has 74 valence electrons. The van der Waals surface area contributed by atoms with Crippen LogP contribution in [0.25, 0.3) is 0 Å². The minimum atomic E-state index is 0.0755. The Morgan fingerprint density at radius 2 is 2.08 bits per heavy atom. The van der Waals surface area contributed by atoms with E-state index in [1.165, 1.54) is 0 Å². The van der Waals surface area contributed by atoms with Crippen molar-refractivity contribution in [2.24, 2.45) is 0 Å². The van der Waals surface area contributed by atoms with Crippen LogP contribution >= 0.6 is 0 Å². The number of nitrogens with one attached hydrogen (secondary N) is 1. The molecular weight excluding hydrogens is 158 g/mol. The van der Waals surface area contributed by atoms with Gasteiger partial charge < -0.3 is 19.9 Å². The van der Waals surface area contributed by atoms with Gasteiger partial charge >= 0.3 is 0 Å². The molecule has 4 nitrogen and oxygen atoms in total. The van der Waals surface area contributed by atoms with Crippen LogP contribution in [0.4, 0.5) is 0 Å². The van der Waals surface area contributed by atoms with E-state index >= 15 is 0 Å². The van der Waals surface area contributed by atoms with Crippen LogP contribution in [0.3, 0.4) is 0 Å². The largest absolute Gasteiger partial charge is 0.394 e. The minimum absolute atomic E-state index is 0.0755. The summed E-state index contributed by atoms with van der Waals surface area (Å²) in [7, 11) is 1.89. The normalized spacial score (nSPS) is 13.2. The molecule has 2 N–H and O–H groups in total. The molecule has 0 aromatic carbocycles. The van der Waals surface area contributed by atoms with Crippen LogP contribution in [0.15, 0.2) is 0 Å². The Morgan fingerprint density at radius 3 is 2.67 bits per heavy atom. The van der Waals surface area contributed by atoms with Crippen molar-refractivity contribution >= 4 is 0 Å². The Morgan fingerprint density at radius 1 is 1.33 bits per heavy atom. The first kappa shape index (κ1) is 11.8. The van der Waals surface area contributed by atoms with E-state index in [0.717, 1.165) is 6.54 Å². The fourth-order valence-electron chi connectivity index (χ4n) is 0.821. The number of likely N-dealkylation sites (N-methyl/N-ethyl adjacent to an activating group) is 1. The van der Waals surface area contributed by atoms with Crippen molar-refractivity contribution in [2.45, 2.75) is 13.0 Å². The van der Waals surface area contributed by atoms with Crippen molar-refractivity contribution in [3.63, 3.8) is 0 Å². The molecule has 1 unspecified atom stereocenters.